The number of carbonyl (C=O) groups is 1. The van der Waals surface area contributed by atoms with E-state index in [1.807, 2.05) is 0 Å². The number of amides is 1. The summed E-state index contributed by atoms with van der Waals surface area (Å²) in [5.74, 6) is 0. The molecule has 0 rings (SSSR count). The minimum Gasteiger partial charge on any atom is -0.332 e. The van der Waals surface area contributed by atoms with Crippen LogP contribution in [0.2, 0.25) is 0 Å². The molecule has 16 heavy (non-hydrogen) atoms. The summed E-state index contributed by atoms with van der Waals surface area (Å²) in [6.45, 7) is 5.79. The summed E-state index contributed by atoms with van der Waals surface area (Å²) in [7, 11) is 0. The van der Waals surface area contributed by atoms with Crippen molar-refractivity contribution in [3.8, 4) is 0 Å². The van der Waals surface area contributed by atoms with Crippen LogP contribution in [0.5, 0.6) is 0 Å². The first-order valence-electron chi connectivity index (χ1n) is 5.59. The SMILES string of the molecule is C=CCN(C=O)C(CCCCC)C[N+](=O)[O-]. The zero-order chi connectivity index (χ0) is 12.4. The molecule has 0 fully saturated rings. The molecule has 1 atom stereocenters. The fraction of sp³-hybridized carbons (Fsp3) is 0.727. The number of nitrogens with zero attached hydrogens (tertiary/aromatic N) is 2. The second-order valence-corrected chi connectivity index (χ2v) is 3.76. The fourth-order valence-corrected chi connectivity index (χ4v) is 1.59. The molecule has 0 saturated carbocycles. The molecule has 0 aliphatic rings. The zero-order valence-corrected chi connectivity index (χ0v) is 9.80. The lowest BCUT2D eigenvalue weighted by atomic mass is 10.1. The molecule has 92 valence electrons. The number of carbonyl (C=O) groups excluding carboxylic acids is 1. The molecule has 5 heteroatoms. The van der Waals surface area contributed by atoms with Gasteiger partial charge in [-0.15, -0.1) is 6.58 Å². The van der Waals surface area contributed by atoms with Gasteiger partial charge in [-0.3, -0.25) is 14.9 Å². The molecule has 1 amide bonds. The number of unbranched alkanes of at least 4 members (excludes halogenated alkanes) is 2. The van der Waals surface area contributed by atoms with E-state index >= 15 is 0 Å². The lowest BCUT2D eigenvalue weighted by Crippen LogP contribution is -2.39. The molecule has 5 nitrogen and oxygen atoms in total. The van der Waals surface area contributed by atoms with Crippen LogP contribution < -0.4 is 0 Å². The Morgan fingerprint density at radius 1 is 1.50 bits per heavy atom. The summed E-state index contributed by atoms with van der Waals surface area (Å²) >= 11 is 0. The molecule has 0 radical (unpaired) electrons. The van der Waals surface area contributed by atoms with Gasteiger partial charge in [0, 0.05) is 11.5 Å². The molecule has 0 bridgehead atoms. The molecule has 1 unspecified atom stereocenters. The monoisotopic (exact) mass is 228 g/mol. The molecule has 0 N–H and O–H groups in total. The van der Waals surface area contributed by atoms with Crippen molar-refractivity contribution in [2.24, 2.45) is 0 Å². The van der Waals surface area contributed by atoms with Crippen molar-refractivity contribution in [1.82, 2.24) is 4.90 Å². The summed E-state index contributed by atoms with van der Waals surface area (Å²) in [5.41, 5.74) is 0. The van der Waals surface area contributed by atoms with Crippen molar-refractivity contribution in [2.75, 3.05) is 13.1 Å². The van der Waals surface area contributed by atoms with Gasteiger partial charge in [-0.1, -0.05) is 32.3 Å². The Hall–Kier alpha value is -1.39. The molecule has 0 spiro atoms. The highest BCUT2D eigenvalue weighted by molar-refractivity contribution is 5.48. The van der Waals surface area contributed by atoms with Crippen molar-refractivity contribution in [3.05, 3.63) is 22.8 Å². The van der Waals surface area contributed by atoms with Crippen LogP contribution in [0.4, 0.5) is 0 Å². The molecule has 0 aliphatic heterocycles. The van der Waals surface area contributed by atoms with E-state index in [1.54, 1.807) is 6.08 Å². The predicted octanol–water partition coefficient (Wildman–Crippen LogP) is 1.86. The van der Waals surface area contributed by atoms with Gasteiger partial charge in [0.2, 0.25) is 13.0 Å². The molecule has 0 aromatic heterocycles. The normalized spacial score (nSPS) is 11.8. The second-order valence-electron chi connectivity index (χ2n) is 3.76. The maximum absolute atomic E-state index is 10.8. The third kappa shape index (κ3) is 6.16. The molecular formula is C11H20N2O3. The van der Waals surface area contributed by atoms with Gasteiger partial charge in [0.25, 0.3) is 0 Å². The number of nitro groups is 1. The van der Waals surface area contributed by atoms with Gasteiger partial charge in [0.1, 0.15) is 0 Å². The van der Waals surface area contributed by atoms with Gasteiger partial charge < -0.3 is 4.90 Å². The summed E-state index contributed by atoms with van der Waals surface area (Å²) in [4.78, 5) is 22.4. The fourth-order valence-electron chi connectivity index (χ4n) is 1.59. The van der Waals surface area contributed by atoms with Gasteiger partial charge in [-0.25, -0.2) is 0 Å². The maximum Gasteiger partial charge on any atom is 0.224 e. The van der Waals surface area contributed by atoms with Crippen LogP contribution >= 0.6 is 0 Å². The van der Waals surface area contributed by atoms with E-state index in [2.05, 4.69) is 13.5 Å². The second kappa shape index (κ2) is 8.88. The van der Waals surface area contributed by atoms with E-state index in [4.69, 9.17) is 0 Å². The van der Waals surface area contributed by atoms with Crippen molar-refractivity contribution >= 4 is 6.41 Å². The van der Waals surface area contributed by atoms with Gasteiger partial charge in [0.15, 0.2) is 0 Å². The van der Waals surface area contributed by atoms with Crippen LogP contribution in [0.15, 0.2) is 12.7 Å². The summed E-state index contributed by atoms with van der Waals surface area (Å²) < 4.78 is 0. The van der Waals surface area contributed by atoms with Gasteiger partial charge >= 0.3 is 0 Å². The Balaban J connectivity index is 4.30. The van der Waals surface area contributed by atoms with Gasteiger partial charge in [-0.2, -0.15) is 0 Å². The molecule has 0 heterocycles. The summed E-state index contributed by atoms with van der Waals surface area (Å²) in [6.07, 6.45) is 5.95. The van der Waals surface area contributed by atoms with E-state index in [9.17, 15) is 14.9 Å². The number of hydrogen-bond acceptors (Lipinski definition) is 3. The highest BCUT2D eigenvalue weighted by Crippen LogP contribution is 2.09. The largest absolute Gasteiger partial charge is 0.332 e. The van der Waals surface area contributed by atoms with E-state index in [0.717, 1.165) is 19.3 Å². The number of rotatable bonds is 10. The van der Waals surface area contributed by atoms with E-state index in [0.29, 0.717) is 19.4 Å². The van der Waals surface area contributed by atoms with Crippen molar-refractivity contribution < 1.29 is 9.72 Å². The molecule has 0 aromatic carbocycles. The highest BCUT2D eigenvalue weighted by Gasteiger charge is 2.20. The smallest absolute Gasteiger partial charge is 0.224 e. The average Bonchev–Trinajstić information content (AvgIpc) is 2.24. The lowest BCUT2D eigenvalue weighted by Gasteiger charge is -2.24. The molecule has 0 aliphatic carbocycles. The maximum atomic E-state index is 10.8. The first-order valence-corrected chi connectivity index (χ1v) is 5.59. The van der Waals surface area contributed by atoms with Crippen LogP contribution in [0, 0.1) is 10.1 Å². The topological polar surface area (TPSA) is 63.5 Å². The van der Waals surface area contributed by atoms with Crippen LogP contribution in [0.3, 0.4) is 0 Å². The molecular weight excluding hydrogens is 208 g/mol. The highest BCUT2D eigenvalue weighted by atomic mass is 16.6. The first kappa shape index (κ1) is 14.6. The predicted molar refractivity (Wildman–Crippen MR) is 62.8 cm³/mol. The standard InChI is InChI=1S/C11H20N2O3/c1-3-5-6-7-11(9-13(15)16)12(10-14)8-4-2/h4,10-11H,2-3,5-9H2,1H3. The number of hydrogen-bond donors (Lipinski definition) is 0. The van der Waals surface area contributed by atoms with Gasteiger partial charge in [-0.05, 0) is 6.42 Å². The first-order chi connectivity index (χ1) is 7.65. The van der Waals surface area contributed by atoms with Crippen LogP contribution in [-0.4, -0.2) is 35.4 Å². The van der Waals surface area contributed by atoms with E-state index < -0.39 is 0 Å². The molecule has 0 aromatic rings. The Morgan fingerprint density at radius 2 is 2.19 bits per heavy atom. The third-order valence-corrected chi connectivity index (χ3v) is 2.45. The van der Waals surface area contributed by atoms with Crippen molar-refractivity contribution in [3.63, 3.8) is 0 Å². The van der Waals surface area contributed by atoms with Crippen LogP contribution in [0.25, 0.3) is 0 Å². The zero-order valence-electron chi connectivity index (χ0n) is 9.80. The van der Waals surface area contributed by atoms with Crippen LogP contribution in [-0.2, 0) is 4.79 Å². The minimum absolute atomic E-state index is 0.184. The third-order valence-electron chi connectivity index (χ3n) is 2.45. The lowest BCUT2D eigenvalue weighted by molar-refractivity contribution is -0.486. The van der Waals surface area contributed by atoms with Crippen molar-refractivity contribution in [2.45, 2.75) is 38.6 Å². The Morgan fingerprint density at radius 3 is 2.62 bits per heavy atom. The van der Waals surface area contributed by atoms with E-state index in [1.165, 1.54) is 4.90 Å². The summed E-state index contributed by atoms with van der Waals surface area (Å²) in [5, 5.41) is 10.5. The van der Waals surface area contributed by atoms with Gasteiger partial charge in [0.05, 0.1) is 6.04 Å². The Kier molecular flexibility index (Phi) is 8.11. The Bertz CT molecular complexity index is 231. The van der Waals surface area contributed by atoms with E-state index in [-0.39, 0.29) is 17.5 Å². The van der Waals surface area contributed by atoms with Crippen LogP contribution in [0.1, 0.15) is 32.6 Å². The molecule has 0 saturated heterocycles. The summed E-state index contributed by atoms with van der Waals surface area (Å²) in [6, 6.07) is -0.308. The average molecular weight is 228 g/mol. The minimum atomic E-state index is -0.365. The Labute approximate surface area is 96.3 Å². The quantitative estimate of drug-likeness (QED) is 0.188. The van der Waals surface area contributed by atoms with Crippen molar-refractivity contribution in [1.29, 1.82) is 0 Å².